The molecule has 22 heavy (non-hydrogen) atoms. The zero-order chi connectivity index (χ0) is 16.3. The molecule has 2 rings (SSSR count). The Labute approximate surface area is 136 Å². The molecule has 116 valence electrons. The molecule has 0 aliphatic heterocycles. The van der Waals surface area contributed by atoms with Crippen LogP contribution in [0.1, 0.15) is 17.4 Å². The van der Waals surface area contributed by atoms with E-state index in [1.54, 1.807) is 30.9 Å². The SMILES string of the molecule is CC(CN(C)C(=O)c1ccn(-c2cccc(Br)c2)n1)C(=O)O. The number of halogens is 1. The minimum Gasteiger partial charge on any atom is -0.481 e. The molecular weight excluding hydrogens is 350 g/mol. The minimum absolute atomic E-state index is 0.137. The molecule has 0 aliphatic carbocycles. The molecule has 1 unspecified atom stereocenters. The Hall–Kier alpha value is -2.15. The van der Waals surface area contributed by atoms with Crippen LogP contribution < -0.4 is 0 Å². The van der Waals surface area contributed by atoms with Gasteiger partial charge in [0.2, 0.25) is 0 Å². The van der Waals surface area contributed by atoms with Gasteiger partial charge < -0.3 is 10.0 Å². The van der Waals surface area contributed by atoms with Crippen LogP contribution in [0.25, 0.3) is 5.69 Å². The van der Waals surface area contributed by atoms with Crippen molar-refractivity contribution in [2.45, 2.75) is 6.92 Å². The summed E-state index contributed by atoms with van der Waals surface area (Å²) in [4.78, 5) is 24.5. The van der Waals surface area contributed by atoms with Crippen LogP contribution in [-0.4, -0.2) is 45.3 Å². The zero-order valence-corrected chi connectivity index (χ0v) is 13.8. The first-order valence-corrected chi connectivity index (χ1v) is 7.47. The van der Waals surface area contributed by atoms with Crippen molar-refractivity contribution in [1.82, 2.24) is 14.7 Å². The highest BCUT2D eigenvalue weighted by Crippen LogP contribution is 2.15. The molecule has 2 aromatic rings. The zero-order valence-electron chi connectivity index (χ0n) is 12.2. The van der Waals surface area contributed by atoms with E-state index < -0.39 is 11.9 Å². The Morgan fingerprint density at radius 2 is 2.14 bits per heavy atom. The van der Waals surface area contributed by atoms with Crippen LogP contribution in [0.3, 0.4) is 0 Å². The van der Waals surface area contributed by atoms with Gasteiger partial charge in [-0.1, -0.05) is 28.9 Å². The fourth-order valence-electron chi connectivity index (χ4n) is 1.97. The number of carboxylic acids is 1. The fourth-order valence-corrected chi connectivity index (χ4v) is 2.35. The molecule has 0 aliphatic rings. The van der Waals surface area contributed by atoms with Crippen LogP contribution in [-0.2, 0) is 4.79 Å². The summed E-state index contributed by atoms with van der Waals surface area (Å²) in [5.41, 5.74) is 1.11. The van der Waals surface area contributed by atoms with Crippen molar-refractivity contribution in [3.8, 4) is 5.69 Å². The summed E-state index contributed by atoms with van der Waals surface area (Å²) >= 11 is 3.39. The van der Waals surface area contributed by atoms with Gasteiger partial charge in [0.05, 0.1) is 11.6 Å². The number of amides is 1. The number of rotatable bonds is 5. The predicted octanol–water partition coefficient (Wildman–Crippen LogP) is 2.43. The molecule has 1 heterocycles. The van der Waals surface area contributed by atoms with Crippen LogP contribution in [0.2, 0.25) is 0 Å². The van der Waals surface area contributed by atoms with Gasteiger partial charge in [-0.25, -0.2) is 4.68 Å². The highest BCUT2D eigenvalue weighted by molar-refractivity contribution is 9.10. The van der Waals surface area contributed by atoms with E-state index in [0.717, 1.165) is 10.2 Å². The third-order valence-electron chi connectivity index (χ3n) is 3.20. The van der Waals surface area contributed by atoms with Crippen molar-refractivity contribution in [1.29, 1.82) is 0 Å². The molecule has 1 N–H and O–H groups in total. The number of carboxylic acid groups (broad SMARTS) is 1. The summed E-state index contributed by atoms with van der Waals surface area (Å²) in [5, 5.41) is 13.2. The number of aromatic nitrogens is 2. The second-order valence-corrected chi connectivity index (χ2v) is 5.97. The van der Waals surface area contributed by atoms with Crippen LogP contribution in [0.4, 0.5) is 0 Å². The number of aliphatic carboxylic acids is 1. The molecule has 0 fully saturated rings. The molecule has 1 aromatic carbocycles. The van der Waals surface area contributed by atoms with Crippen molar-refractivity contribution in [3.63, 3.8) is 0 Å². The van der Waals surface area contributed by atoms with Gasteiger partial charge >= 0.3 is 5.97 Å². The molecule has 6 nitrogen and oxygen atoms in total. The van der Waals surface area contributed by atoms with E-state index in [1.807, 2.05) is 24.3 Å². The van der Waals surface area contributed by atoms with Crippen molar-refractivity contribution >= 4 is 27.8 Å². The molecule has 1 aromatic heterocycles. The Bertz CT molecular complexity index is 699. The Balaban J connectivity index is 2.14. The van der Waals surface area contributed by atoms with E-state index in [4.69, 9.17) is 5.11 Å². The molecule has 0 saturated carbocycles. The van der Waals surface area contributed by atoms with Gasteiger partial charge in [0.1, 0.15) is 0 Å². The molecule has 0 saturated heterocycles. The quantitative estimate of drug-likeness (QED) is 0.882. The Kier molecular flexibility index (Phi) is 4.97. The lowest BCUT2D eigenvalue weighted by Gasteiger charge is -2.18. The van der Waals surface area contributed by atoms with Crippen molar-refractivity contribution in [2.24, 2.45) is 5.92 Å². The lowest BCUT2D eigenvalue weighted by Crippen LogP contribution is -2.34. The molecular formula is C15H16BrN3O3. The van der Waals surface area contributed by atoms with Crippen molar-refractivity contribution < 1.29 is 14.7 Å². The molecule has 1 amide bonds. The summed E-state index contributed by atoms with van der Waals surface area (Å²) in [6.45, 7) is 1.70. The van der Waals surface area contributed by atoms with Gasteiger partial charge in [-0.15, -0.1) is 0 Å². The topological polar surface area (TPSA) is 75.4 Å². The fraction of sp³-hybridized carbons (Fsp3) is 0.267. The third-order valence-corrected chi connectivity index (χ3v) is 3.69. The summed E-state index contributed by atoms with van der Waals surface area (Å²) < 4.78 is 2.52. The number of carbonyl (C=O) groups is 2. The van der Waals surface area contributed by atoms with Gasteiger partial charge in [0.15, 0.2) is 5.69 Å². The molecule has 0 spiro atoms. The Morgan fingerprint density at radius 1 is 1.41 bits per heavy atom. The molecule has 0 bridgehead atoms. The van der Waals surface area contributed by atoms with Crippen LogP contribution in [0.15, 0.2) is 41.0 Å². The van der Waals surface area contributed by atoms with Gasteiger partial charge in [0.25, 0.3) is 5.91 Å². The molecule has 7 heteroatoms. The maximum atomic E-state index is 12.3. The number of hydrogen-bond donors (Lipinski definition) is 1. The van der Waals surface area contributed by atoms with E-state index in [9.17, 15) is 9.59 Å². The highest BCUT2D eigenvalue weighted by Gasteiger charge is 2.20. The third kappa shape index (κ3) is 3.73. The summed E-state index contributed by atoms with van der Waals surface area (Å²) in [6.07, 6.45) is 1.70. The summed E-state index contributed by atoms with van der Waals surface area (Å²) in [5.74, 6) is -1.86. The average molecular weight is 366 g/mol. The average Bonchev–Trinajstić information content (AvgIpc) is 2.96. The van der Waals surface area contributed by atoms with Gasteiger partial charge in [-0.3, -0.25) is 9.59 Å². The lowest BCUT2D eigenvalue weighted by atomic mass is 10.2. The maximum absolute atomic E-state index is 12.3. The first-order valence-electron chi connectivity index (χ1n) is 6.68. The van der Waals surface area contributed by atoms with E-state index in [1.165, 1.54) is 4.90 Å². The normalized spacial score (nSPS) is 12.0. The Morgan fingerprint density at radius 3 is 2.77 bits per heavy atom. The summed E-state index contributed by atoms with van der Waals surface area (Å²) in [7, 11) is 1.57. The van der Waals surface area contributed by atoms with Crippen LogP contribution in [0, 0.1) is 5.92 Å². The number of nitrogens with zero attached hydrogens (tertiary/aromatic N) is 3. The van der Waals surface area contributed by atoms with Crippen LogP contribution >= 0.6 is 15.9 Å². The minimum atomic E-state index is -0.931. The predicted molar refractivity (Wildman–Crippen MR) is 85.0 cm³/mol. The van der Waals surface area contributed by atoms with Crippen molar-refractivity contribution in [2.75, 3.05) is 13.6 Å². The van der Waals surface area contributed by atoms with E-state index in [-0.39, 0.29) is 18.1 Å². The smallest absolute Gasteiger partial charge is 0.308 e. The van der Waals surface area contributed by atoms with Gasteiger partial charge in [-0.05, 0) is 24.3 Å². The first-order chi connectivity index (χ1) is 10.4. The largest absolute Gasteiger partial charge is 0.481 e. The number of carbonyl (C=O) groups excluding carboxylic acids is 1. The standard InChI is InChI=1S/C15H16BrN3O3/c1-10(15(21)22)9-18(2)14(20)13-6-7-19(17-13)12-5-3-4-11(16)8-12/h3-8,10H,9H2,1-2H3,(H,21,22). The molecule has 0 radical (unpaired) electrons. The first kappa shape index (κ1) is 16.2. The number of benzene rings is 1. The second-order valence-electron chi connectivity index (χ2n) is 5.05. The monoisotopic (exact) mass is 365 g/mol. The van der Waals surface area contributed by atoms with E-state index >= 15 is 0 Å². The lowest BCUT2D eigenvalue weighted by molar-refractivity contribution is -0.141. The maximum Gasteiger partial charge on any atom is 0.308 e. The molecule has 1 atom stereocenters. The van der Waals surface area contributed by atoms with Crippen LogP contribution in [0.5, 0.6) is 0 Å². The second kappa shape index (κ2) is 6.74. The summed E-state index contributed by atoms with van der Waals surface area (Å²) in [6, 6.07) is 9.16. The highest BCUT2D eigenvalue weighted by atomic mass is 79.9. The van der Waals surface area contributed by atoms with E-state index in [2.05, 4.69) is 21.0 Å². The van der Waals surface area contributed by atoms with E-state index in [0.29, 0.717) is 0 Å². The van der Waals surface area contributed by atoms with Gasteiger partial charge in [0, 0.05) is 24.3 Å². The van der Waals surface area contributed by atoms with Crippen molar-refractivity contribution in [3.05, 3.63) is 46.7 Å². The van der Waals surface area contributed by atoms with Gasteiger partial charge in [-0.2, -0.15) is 5.10 Å². The number of hydrogen-bond acceptors (Lipinski definition) is 3.